The first-order valence-corrected chi connectivity index (χ1v) is 8.75. The van der Waals surface area contributed by atoms with Gasteiger partial charge in [0.15, 0.2) is 0 Å². The van der Waals surface area contributed by atoms with Crippen LogP contribution in [0.5, 0.6) is 5.75 Å². The summed E-state index contributed by atoms with van der Waals surface area (Å²) in [7, 11) is 0. The maximum absolute atomic E-state index is 6.24. The van der Waals surface area contributed by atoms with Crippen LogP contribution in [0.15, 0.2) is 60.7 Å². The minimum absolute atomic E-state index is 0.189. The highest BCUT2D eigenvalue weighted by Gasteiger charge is 2.11. The van der Waals surface area contributed by atoms with E-state index in [1.165, 1.54) is 4.79 Å². The molecule has 0 aliphatic heterocycles. The number of tetrazole rings is 1. The molecule has 0 bridgehead atoms. The van der Waals surface area contributed by atoms with Crippen LogP contribution in [-0.2, 0) is 13.2 Å². The lowest BCUT2D eigenvalue weighted by Crippen LogP contribution is -2.19. The minimum atomic E-state index is 0.189. The van der Waals surface area contributed by atoms with Gasteiger partial charge in [-0.25, -0.2) is 0 Å². The van der Waals surface area contributed by atoms with Gasteiger partial charge in [-0.3, -0.25) is 0 Å². The van der Waals surface area contributed by atoms with Gasteiger partial charge in [-0.05, 0) is 33.3 Å². The molecule has 27 heavy (non-hydrogen) atoms. The average molecular weight is 381 g/mol. The Morgan fingerprint density at radius 3 is 2.67 bits per heavy atom. The van der Waals surface area contributed by atoms with Crippen LogP contribution in [0.25, 0.3) is 10.8 Å². The molecule has 0 aliphatic carbocycles. The van der Waals surface area contributed by atoms with Gasteiger partial charge in [0.25, 0.3) is 5.95 Å². The van der Waals surface area contributed by atoms with Crippen molar-refractivity contribution >= 4 is 28.3 Å². The Bertz CT molecular complexity index is 1080. The Kier molecular flexibility index (Phi) is 4.76. The second-order valence-electron chi connectivity index (χ2n) is 5.93. The second-order valence-corrected chi connectivity index (χ2v) is 6.33. The van der Waals surface area contributed by atoms with Gasteiger partial charge in [0.2, 0.25) is 0 Å². The number of anilines is 1. The van der Waals surface area contributed by atoms with Gasteiger partial charge < -0.3 is 15.9 Å². The van der Waals surface area contributed by atoms with Crippen LogP contribution in [0.4, 0.5) is 5.95 Å². The molecule has 0 aliphatic rings. The highest BCUT2D eigenvalue weighted by Crippen LogP contribution is 2.29. The number of hydrogen-bond acceptors (Lipinski definition) is 6. The molecule has 1 aromatic heterocycles. The summed E-state index contributed by atoms with van der Waals surface area (Å²) in [5.74, 6) is 0.946. The van der Waals surface area contributed by atoms with Gasteiger partial charge in [-0.2, -0.15) is 0 Å². The van der Waals surface area contributed by atoms with Gasteiger partial charge in [0, 0.05) is 16.1 Å². The Labute approximate surface area is 160 Å². The number of nitrogen functional groups attached to an aromatic ring is 1. The van der Waals surface area contributed by atoms with Crippen LogP contribution in [0, 0.1) is 0 Å². The molecule has 0 amide bonds. The summed E-state index contributed by atoms with van der Waals surface area (Å²) in [4.78, 5) is 1.33. The van der Waals surface area contributed by atoms with E-state index < -0.39 is 0 Å². The molecule has 0 spiro atoms. The van der Waals surface area contributed by atoms with Crippen molar-refractivity contribution < 1.29 is 4.74 Å². The molecular weight excluding hydrogens is 364 g/mol. The van der Waals surface area contributed by atoms with E-state index in [9.17, 15) is 0 Å². The smallest absolute Gasteiger partial charge is 0.260 e. The van der Waals surface area contributed by atoms with Crippen molar-refractivity contribution in [3.05, 3.63) is 76.8 Å². The molecule has 0 saturated carbocycles. The third kappa shape index (κ3) is 3.63. The summed E-state index contributed by atoms with van der Waals surface area (Å²) in [6, 6.07) is 19.7. The third-order valence-corrected chi connectivity index (χ3v) is 4.61. The van der Waals surface area contributed by atoms with Crippen LogP contribution in [0.2, 0.25) is 5.02 Å². The van der Waals surface area contributed by atoms with E-state index in [2.05, 4.69) is 33.1 Å². The number of rotatable bonds is 6. The molecule has 4 aromatic rings. The number of ether oxygens (including phenoxy) is 1. The largest absolute Gasteiger partial charge is 0.488 e. The van der Waals surface area contributed by atoms with Gasteiger partial charge in [0.1, 0.15) is 12.4 Å². The Hall–Kier alpha value is -3.32. The zero-order valence-electron chi connectivity index (χ0n) is 14.3. The van der Waals surface area contributed by atoms with Gasteiger partial charge in [0.05, 0.1) is 6.54 Å². The Balaban J connectivity index is 1.64. The van der Waals surface area contributed by atoms with Crippen molar-refractivity contribution in [1.82, 2.24) is 20.3 Å². The fraction of sp³-hybridized carbons (Fsp3) is 0.105. The number of hydrogen-bond donors (Lipinski definition) is 2. The number of fused-ring (bicyclic) bond motifs is 1. The van der Waals surface area contributed by atoms with Gasteiger partial charge >= 0.3 is 0 Å². The van der Waals surface area contributed by atoms with E-state index in [0.29, 0.717) is 18.2 Å². The van der Waals surface area contributed by atoms with Crippen molar-refractivity contribution in [3.8, 4) is 5.75 Å². The molecular formula is C19H17ClN6O. The topological polar surface area (TPSA) is 90.9 Å². The number of benzene rings is 3. The van der Waals surface area contributed by atoms with E-state index >= 15 is 0 Å². The average Bonchev–Trinajstić information content (AvgIpc) is 3.10. The molecule has 0 saturated heterocycles. The molecule has 3 aromatic carbocycles. The summed E-state index contributed by atoms with van der Waals surface area (Å²) in [6.45, 7) is 0.812. The van der Waals surface area contributed by atoms with Crippen molar-refractivity contribution in [2.45, 2.75) is 13.2 Å². The normalized spacial score (nSPS) is 10.9. The summed E-state index contributed by atoms with van der Waals surface area (Å²) >= 11 is 6.24. The van der Waals surface area contributed by atoms with Crippen LogP contribution in [-0.4, -0.2) is 20.3 Å². The lowest BCUT2D eigenvalue weighted by molar-refractivity contribution is 0.303. The SMILES string of the molecule is Nc1nnnn1NCc1c(OCc2ccccc2Cl)ccc2ccccc12. The van der Waals surface area contributed by atoms with Crippen molar-refractivity contribution in [1.29, 1.82) is 0 Å². The molecule has 4 rings (SSSR count). The number of nitrogens with one attached hydrogen (secondary N) is 1. The number of halogens is 1. The molecule has 136 valence electrons. The number of nitrogens with two attached hydrogens (primary N) is 1. The molecule has 7 nitrogen and oxygen atoms in total. The highest BCUT2D eigenvalue weighted by molar-refractivity contribution is 6.31. The van der Waals surface area contributed by atoms with Crippen molar-refractivity contribution in [2.75, 3.05) is 11.2 Å². The first-order valence-electron chi connectivity index (χ1n) is 8.37. The summed E-state index contributed by atoms with van der Waals surface area (Å²) in [6.07, 6.45) is 0. The lowest BCUT2D eigenvalue weighted by Gasteiger charge is -2.16. The highest BCUT2D eigenvalue weighted by atomic mass is 35.5. The third-order valence-electron chi connectivity index (χ3n) is 4.24. The van der Waals surface area contributed by atoms with E-state index in [1.54, 1.807) is 0 Å². The maximum atomic E-state index is 6.24. The fourth-order valence-corrected chi connectivity index (χ4v) is 3.06. The Morgan fingerprint density at radius 1 is 1.04 bits per heavy atom. The van der Waals surface area contributed by atoms with Gasteiger partial charge in [-0.15, -0.1) is 4.79 Å². The summed E-state index contributed by atoms with van der Waals surface area (Å²) < 4.78 is 6.10. The number of aromatic nitrogens is 4. The van der Waals surface area contributed by atoms with Crippen LogP contribution in [0.3, 0.4) is 0 Å². The van der Waals surface area contributed by atoms with E-state index in [1.807, 2.05) is 48.5 Å². The van der Waals surface area contributed by atoms with E-state index in [0.717, 1.165) is 27.6 Å². The van der Waals surface area contributed by atoms with Crippen molar-refractivity contribution in [3.63, 3.8) is 0 Å². The molecule has 0 atom stereocenters. The molecule has 8 heteroatoms. The minimum Gasteiger partial charge on any atom is -0.488 e. The fourth-order valence-electron chi connectivity index (χ4n) is 2.87. The molecule has 1 heterocycles. The van der Waals surface area contributed by atoms with Crippen molar-refractivity contribution in [2.24, 2.45) is 0 Å². The maximum Gasteiger partial charge on any atom is 0.260 e. The second kappa shape index (κ2) is 7.51. The van der Waals surface area contributed by atoms with E-state index in [-0.39, 0.29) is 5.95 Å². The standard InChI is InChI=1S/C19H17ClN6O/c20-17-8-4-2-6-14(17)12-27-18-10-9-13-5-1-3-7-15(13)16(18)11-22-26-19(21)23-24-25-26/h1-10,22H,11-12H2,(H2,21,23,25). The zero-order chi connectivity index (χ0) is 18.6. The van der Waals surface area contributed by atoms with Crippen LogP contribution < -0.4 is 15.9 Å². The zero-order valence-corrected chi connectivity index (χ0v) is 15.1. The first kappa shape index (κ1) is 17.1. The predicted octanol–water partition coefficient (Wildman–Crippen LogP) is 3.38. The number of nitrogens with zero attached hydrogens (tertiary/aromatic N) is 4. The lowest BCUT2D eigenvalue weighted by atomic mass is 10.0. The summed E-state index contributed by atoms with van der Waals surface area (Å²) in [5.41, 5.74) is 10.7. The predicted molar refractivity (Wildman–Crippen MR) is 105 cm³/mol. The first-order chi connectivity index (χ1) is 13.2. The van der Waals surface area contributed by atoms with Gasteiger partial charge in [-0.1, -0.05) is 65.2 Å². The molecule has 3 N–H and O–H groups in total. The van der Waals surface area contributed by atoms with Crippen LogP contribution in [0.1, 0.15) is 11.1 Å². The van der Waals surface area contributed by atoms with Crippen LogP contribution >= 0.6 is 11.6 Å². The summed E-state index contributed by atoms with van der Waals surface area (Å²) in [5, 5.41) is 13.9. The van der Waals surface area contributed by atoms with E-state index in [4.69, 9.17) is 22.1 Å². The Morgan fingerprint density at radius 2 is 1.85 bits per heavy atom. The molecule has 0 unspecified atom stereocenters. The monoisotopic (exact) mass is 380 g/mol. The molecule has 0 radical (unpaired) electrons. The molecule has 0 fully saturated rings. The quantitative estimate of drug-likeness (QED) is 0.533.